The Morgan fingerprint density at radius 1 is 0.778 bits per heavy atom. The van der Waals surface area contributed by atoms with Crippen LogP contribution in [-0.4, -0.2) is 47.0 Å². The van der Waals surface area contributed by atoms with Gasteiger partial charge in [-0.3, -0.25) is 4.57 Å². The third kappa shape index (κ3) is 4.01. The summed E-state index contributed by atoms with van der Waals surface area (Å²) in [5.74, 6) is 0. The van der Waals surface area contributed by atoms with Crippen LogP contribution in [0.15, 0.2) is 0 Å². The number of nitrogens with zero attached hydrogens (tertiary/aromatic N) is 2. The average Bonchev–Trinajstić information content (AvgIpc) is 2.16. The van der Waals surface area contributed by atoms with Crippen molar-refractivity contribution in [2.24, 2.45) is 0 Å². The number of hydrogen-bond acceptors (Lipinski definition) is 2. The van der Waals surface area contributed by atoms with Crippen LogP contribution in [0.2, 0.25) is 0 Å². The largest absolute Gasteiger partial charge is 0.360 e. The molecule has 0 saturated carbocycles. The van der Waals surface area contributed by atoms with Crippen LogP contribution in [0, 0.1) is 0 Å². The van der Waals surface area contributed by atoms with Crippen molar-refractivity contribution in [1.82, 2.24) is 9.13 Å². The van der Waals surface area contributed by atoms with E-state index in [0.717, 1.165) is 13.1 Å². The molecule has 0 aliphatic rings. The van der Waals surface area contributed by atoms with Gasteiger partial charge in [-0.15, -0.1) is 44.3 Å². The molecule has 0 saturated heterocycles. The highest BCUT2D eigenvalue weighted by Crippen LogP contribution is 2.41. The minimum Gasteiger partial charge on any atom is -0.300 e. The van der Waals surface area contributed by atoms with Gasteiger partial charge in [0, 0.05) is 0 Å². The Balaban J connectivity index is 5.43. The topological polar surface area (TPSA) is 6.48 Å². The number of hydrogen-bond donors (Lipinski definition) is 0. The van der Waals surface area contributed by atoms with Gasteiger partial charge in [0.1, 0.15) is 0 Å². The maximum absolute atomic E-state index is 6.72. The molecule has 0 aromatic rings. The zero-order valence-corrected chi connectivity index (χ0v) is 17.0. The molecular weight excluding hydrogens is 346 g/mol. The van der Waals surface area contributed by atoms with Gasteiger partial charge in [0.15, 0.2) is 0 Å². The maximum Gasteiger partial charge on any atom is 0.360 e. The summed E-state index contributed by atoms with van der Waals surface area (Å²) >= 11 is 26.8. The number of halogens is 4. The molecule has 0 aromatic carbocycles. The molecule has 0 fully saturated rings. The van der Waals surface area contributed by atoms with Gasteiger partial charge in [0.2, 0.25) is 0 Å². The van der Waals surface area contributed by atoms with Crippen molar-refractivity contribution in [3.8, 4) is 0 Å². The minimum atomic E-state index is -2.92. The fourth-order valence-corrected chi connectivity index (χ4v) is 17.2. The zero-order chi connectivity index (χ0) is 14.7. The molecule has 0 heterocycles. The summed E-state index contributed by atoms with van der Waals surface area (Å²) < 4.78 is 4.15. The Bertz CT molecular complexity index is 250. The SMILES string of the molecule is CCN(CC)[Si](Cl)(Cl)[Si](Cl)(Cl)N(C(C)C)C(C)C. The van der Waals surface area contributed by atoms with Gasteiger partial charge < -0.3 is 4.57 Å². The fourth-order valence-electron chi connectivity index (χ4n) is 2.21. The Morgan fingerprint density at radius 2 is 1.11 bits per heavy atom. The van der Waals surface area contributed by atoms with E-state index >= 15 is 0 Å². The van der Waals surface area contributed by atoms with Crippen LogP contribution in [0.1, 0.15) is 41.5 Å². The lowest BCUT2D eigenvalue weighted by atomic mass is 10.3. The Kier molecular flexibility index (Phi) is 8.13. The Morgan fingerprint density at radius 3 is 1.33 bits per heavy atom. The summed E-state index contributed by atoms with van der Waals surface area (Å²) in [5.41, 5.74) is 0. The molecule has 0 N–H and O–H groups in total. The molecule has 0 aliphatic carbocycles. The smallest absolute Gasteiger partial charge is 0.300 e. The molecule has 2 nitrogen and oxygen atoms in total. The second kappa shape index (κ2) is 7.50. The highest BCUT2D eigenvalue weighted by Gasteiger charge is 2.62. The highest BCUT2D eigenvalue weighted by atomic mass is 35.8. The van der Waals surface area contributed by atoms with E-state index in [4.69, 9.17) is 44.3 Å². The van der Waals surface area contributed by atoms with Crippen LogP contribution < -0.4 is 0 Å². The van der Waals surface area contributed by atoms with Gasteiger partial charge in [-0.2, -0.15) is 0 Å². The molecule has 0 spiro atoms. The van der Waals surface area contributed by atoms with E-state index in [1.54, 1.807) is 0 Å². The highest BCUT2D eigenvalue weighted by molar-refractivity contribution is 7.91. The predicted molar refractivity (Wildman–Crippen MR) is 90.0 cm³/mol. The molecule has 8 heteroatoms. The van der Waals surface area contributed by atoms with Crippen LogP contribution in [0.3, 0.4) is 0 Å². The van der Waals surface area contributed by atoms with Crippen molar-refractivity contribution in [3.05, 3.63) is 0 Å². The third-order valence-corrected chi connectivity index (χ3v) is 26.6. The second-order valence-electron chi connectivity index (χ2n) is 4.85. The fraction of sp³-hybridized carbons (Fsp3) is 1.00. The molecule has 110 valence electrons. The summed E-state index contributed by atoms with van der Waals surface area (Å²) in [6, 6.07) is 0.457. The normalized spacial score (nSPS) is 14.3. The summed E-state index contributed by atoms with van der Waals surface area (Å²) in [4.78, 5) is 0. The van der Waals surface area contributed by atoms with Gasteiger partial charge >= 0.3 is 12.7 Å². The average molecular weight is 370 g/mol. The van der Waals surface area contributed by atoms with E-state index in [1.165, 1.54) is 0 Å². The van der Waals surface area contributed by atoms with Crippen LogP contribution in [0.4, 0.5) is 0 Å². The Labute approximate surface area is 132 Å². The van der Waals surface area contributed by atoms with Crippen LogP contribution in [-0.2, 0) is 0 Å². The first-order chi connectivity index (χ1) is 8.03. The molecule has 0 atom stereocenters. The first-order valence-electron chi connectivity index (χ1n) is 6.33. The summed E-state index contributed by atoms with van der Waals surface area (Å²) in [6.07, 6.45) is -5.79. The quantitative estimate of drug-likeness (QED) is 0.485. The molecule has 0 aliphatic heterocycles. The van der Waals surface area contributed by atoms with E-state index < -0.39 is 12.7 Å². The first kappa shape index (κ1) is 19.5. The lowest BCUT2D eigenvalue weighted by Gasteiger charge is -2.46. The van der Waals surface area contributed by atoms with Crippen LogP contribution in [0.25, 0.3) is 0 Å². The van der Waals surface area contributed by atoms with E-state index in [0.29, 0.717) is 0 Å². The zero-order valence-electron chi connectivity index (χ0n) is 12.0. The molecule has 0 radical (unpaired) electrons. The Hall–Kier alpha value is 1.51. The number of rotatable bonds is 7. The molecule has 0 rings (SSSR count). The summed E-state index contributed by atoms with van der Waals surface area (Å²) in [7, 11) is 0. The third-order valence-electron chi connectivity index (χ3n) is 2.96. The lowest BCUT2D eigenvalue weighted by Crippen LogP contribution is -2.70. The first-order valence-corrected chi connectivity index (χ1v) is 15.3. The van der Waals surface area contributed by atoms with Crippen LogP contribution in [0.5, 0.6) is 0 Å². The van der Waals surface area contributed by atoms with Crippen molar-refractivity contribution in [1.29, 1.82) is 0 Å². The molecule has 0 aromatic heterocycles. The molecule has 0 bridgehead atoms. The van der Waals surface area contributed by atoms with Gasteiger partial charge in [-0.05, 0) is 25.2 Å². The van der Waals surface area contributed by atoms with Crippen molar-refractivity contribution in [2.45, 2.75) is 53.6 Å². The summed E-state index contributed by atoms with van der Waals surface area (Å²) in [5, 5.41) is 0. The van der Waals surface area contributed by atoms with Crippen molar-refractivity contribution >= 4 is 57.1 Å². The van der Waals surface area contributed by atoms with E-state index in [1.807, 2.05) is 18.4 Å². The van der Waals surface area contributed by atoms with Crippen molar-refractivity contribution in [3.63, 3.8) is 0 Å². The van der Waals surface area contributed by atoms with E-state index in [2.05, 4.69) is 32.3 Å². The van der Waals surface area contributed by atoms with E-state index in [-0.39, 0.29) is 12.1 Å². The van der Waals surface area contributed by atoms with Crippen molar-refractivity contribution in [2.75, 3.05) is 13.1 Å². The van der Waals surface area contributed by atoms with E-state index in [9.17, 15) is 0 Å². The van der Waals surface area contributed by atoms with Gasteiger partial charge in [0.25, 0.3) is 0 Å². The minimum absolute atomic E-state index is 0.228. The molecule has 18 heavy (non-hydrogen) atoms. The molecule has 0 unspecified atom stereocenters. The van der Waals surface area contributed by atoms with Gasteiger partial charge in [0.05, 0.1) is 0 Å². The van der Waals surface area contributed by atoms with Crippen LogP contribution >= 0.6 is 44.3 Å². The second-order valence-corrected chi connectivity index (χ2v) is 24.0. The predicted octanol–water partition coefficient (Wildman–Crippen LogP) is 4.36. The molecule has 0 amide bonds. The summed E-state index contributed by atoms with van der Waals surface area (Å²) in [6.45, 7) is 13.9. The van der Waals surface area contributed by atoms with Crippen molar-refractivity contribution < 1.29 is 0 Å². The van der Waals surface area contributed by atoms with Gasteiger partial charge in [-0.1, -0.05) is 41.5 Å². The monoisotopic (exact) mass is 368 g/mol. The standard InChI is InChI=1S/C10H24Cl4N2Si2/c1-7-15(8-2)17(11,12)18(13,14)16(9(3)4)10(5)6/h9-10H,7-8H2,1-6H3. The lowest BCUT2D eigenvalue weighted by molar-refractivity contribution is 0.309. The van der Waals surface area contributed by atoms with Gasteiger partial charge in [-0.25, -0.2) is 0 Å². The molecular formula is C10H24Cl4N2Si2. The maximum atomic E-state index is 6.72.